The van der Waals surface area contributed by atoms with Crippen LogP contribution in [-0.4, -0.2) is 56.8 Å². The zero-order valence-electron chi connectivity index (χ0n) is 18.7. The van der Waals surface area contributed by atoms with Crippen LogP contribution >= 0.6 is 0 Å². The number of benzene rings is 1. The van der Waals surface area contributed by atoms with Gasteiger partial charge in [-0.25, -0.2) is 8.42 Å². The third-order valence-electron chi connectivity index (χ3n) is 6.84. The van der Waals surface area contributed by atoms with Crippen molar-refractivity contribution in [2.45, 2.75) is 69.2 Å². The fraction of sp³-hybridized carbons (Fsp3) is 0.652. The molecule has 4 rings (SSSR count). The number of anilines is 1. The van der Waals surface area contributed by atoms with Gasteiger partial charge in [-0.1, -0.05) is 32.6 Å². The van der Waals surface area contributed by atoms with Crippen LogP contribution in [0.1, 0.15) is 58.3 Å². The third-order valence-corrected chi connectivity index (χ3v) is 8.73. The van der Waals surface area contributed by atoms with Crippen molar-refractivity contribution >= 4 is 27.5 Å². The Bertz CT molecular complexity index is 956. The standard InChI is InChI=1S/C23H33N3O5S/c1-17-8-4-5-9-19(17)24-22(27)15-26-20-14-18(10-11-21(20)31-16-23(26)28)32(29,30)25-12-6-2-3-7-13-25/h10-11,14,17,19H,2-9,12-13,15-16H2,1H3,(H,24,27)/t17-,19-/m0/s1. The molecule has 1 saturated carbocycles. The molecule has 32 heavy (non-hydrogen) atoms. The van der Waals surface area contributed by atoms with Crippen LogP contribution in [0, 0.1) is 5.92 Å². The minimum absolute atomic E-state index is 0.113. The zero-order valence-corrected chi connectivity index (χ0v) is 19.5. The van der Waals surface area contributed by atoms with Crippen molar-refractivity contribution in [1.29, 1.82) is 0 Å². The first-order valence-corrected chi connectivity index (χ1v) is 13.2. The summed E-state index contributed by atoms with van der Waals surface area (Å²) in [6.07, 6.45) is 8.04. The summed E-state index contributed by atoms with van der Waals surface area (Å²) < 4.78 is 33.5. The first kappa shape index (κ1) is 23.0. The molecular formula is C23H33N3O5S. The molecule has 1 N–H and O–H groups in total. The highest BCUT2D eigenvalue weighted by molar-refractivity contribution is 7.89. The van der Waals surface area contributed by atoms with E-state index in [0.717, 1.165) is 44.9 Å². The van der Waals surface area contributed by atoms with Gasteiger partial charge in [0.1, 0.15) is 12.3 Å². The van der Waals surface area contributed by atoms with Crippen molar-refractivity contribution in [1.82, 2.24) is 9.62 Å². The van der Waals surface area contributed by atoms with E-state index in [0.29, 0.717) is 30.4 Å². The number of rotatable bonds is 5. The zero-order chi connectivity index (χ0) is 22.7. The van der Waals surface area contributed by atoms with Crippen LogP contribution in [0.25, 0.3) is 0 Å². The molecule has 1 aromatic rings. The van der Waals surface area contributed by atoms with Crippen LogP contribution in [-0.2, 0) is 19.6 Å². The lowest BCUT2D eigenvalue weighted by Gasteiger charge is -2.32. The number of ether oxygens (including phenoxy) is 1. The molecule has 8 nitrogen and oxygen atoms in total. The van der Waals surface area contributed by atoms with E-state index in [4.69, 9.17) is 4.74 Å². The van der Waals surface area contributed by atoms with E-state index < -0.39 is 10.0 Å². The predicted molar refractivity (Wildman–Crippen MR) is 121 cm³/mol. The predicted octanol–water partition coefficient (Wildman–Crippen LogP) is 2.67. The number of carbonyl (C=O) groups excluding carboxylic acids is 2. The molecule has 3 aliphatic rings. The summed E-state index contributed by atoms with van der Waals surface area (Å²) in [5.74, 6) is 0.239. The van der Waals surface area contributed by atoms with E-state index >= 15 is 0 Å². The molecule has 9 heteroatoms. The van der Waals surface area contributed by atoms with Gasteiger partial charge >= 0.3 is 0 Å². The monoisotopic (exact) mass is 463 g/mol. The molecule has 1 aromatic carbocycles. The second kappa shape index (κ2) is 9.79. The van der Waals surface area contributed by atoms with E-state index in [1.54, 1.807) is 6.07 Å². The van der Waals surface area contributed by atoms with Crippen molar-refractivity contribution in [3.63, 3.8) is 0 Å². The molecule has 2 amide bonds. The van der Waals surface area contributed by atoms with Crippen molar-refractivity contribution in [2.75, 3.05) is 31.1 Å². The van der Waals surface area contributed by atoms with Crippen molar-refractivity contribution in [3.8, 4) is 5.75 Å². The molecule has 0 bridgehead atoms. The quantitative estimate of drug-likeness (QED) is 0.724. The van der Waals surface area contributed by atoms with Gasteiger partial charge in [0.15, 0.2) is 6.61 Å². The molecule has 0 unspecified atom stereocenters. The Labute approximate surface area is 190 Å². The van der Waals surface area contributed by atoms with Gasteiger partial charge in [-0.15, -0.1) is 0 Å². The van der Waals surface area contributed by atoms with Crippen LogP contribution in [0.3, 0.4) is 0 Å². The number of amides is 2. The van der Waals surface area contributed by atoms with E-state index in [-0.39, 0.29) is 35.9 Å². The lowest BCUT2D eigenvalue weighted by atomic mass is 9.86. The van der Waals surface area contributed by atoms with Gasteiger partial charge in [0.2, 0.25) is 15.9 Å². The number of fused-ring (bicyclic) bond motifs is 1. The molecule has 1 aliphatic carbocycles. The second-order valence-corrected chi connectivity index (χ2v) is 11.1. The molecule has 0 aromatic heterocycles. The summed E-state index contributed by atoms with van der Waals surface area (Å²) in [5.41, 5.74) is 0.337. The first-order valence-electron chi connectivity index (χ1n) is 11.7. The molecule has 2 aliphatic heterocycles. The maximum atomic E-state index is 13.2. The van der Waals surface area contributed by atoms with Crippen molar-refractivity contribution in [2.24, 2.45) is 5.92 Å². The minimum atomic E-state index is -3.68. The van der Waals surface area contributed by atoms with Crippen LogP contribution < -0.4 is 15.0 Å². The van der Waals surface area contributed by atoms with Crippen molar-refractivity contribution < 1.29 is 22.7 Å². The Morgan fingerprint density at radius 1 is 1.09 bits per heavy atom. The van der Waals surface area contributed by atoms with E-state index in [1.165, 1.54) is 27.8 Å². The van der Waals surface area contributed by atoms with Crippen LogP contribution in [0.2, 0.25) is 0 Å². The highest BCUT2D eigenvalue weighted by atomic mass is 32.2. The van der Waals surface area contributed by atoms with Gasteiger partial charge in [0.25, 0.3) is 5.91 Å². The lowest BCUT2D eigenvalue weighted by molar-refractivity contribution is -0.126. The van der Waals surface area contributed by atoms with Gasteiger partial charge in [-0.3, -0.25) is 14.5 Å². The topological polar surface area (TPSA) is 96.0 Å². The first-order chi connectivity index (χ1) is 15.4. The van der Waals surface area contributed by atoms with Gasteiger partial charge in [-0.05, 0) is 49.8 Å². The SMILES string of the molecule is C[C@H]1CCCC[C@@H]1NC(=O)CN1C(=O)COc2ccc(S(=O)(=O)N3CCCCCC3)cc21. The number of carbonyl (C=O) groups is 2. The maximum Gasteiger partial charge on any atom is 0.265 e. The summed E-state index contributed by atoms with van der Waals surface area (Å²) in [5, 5.41) is 3.07. The average Bonchev–Trinajstić information content (AvgIpc) is 3.07. The summed E-state index contributed by atoms with van der Waals surface area (Å²) in [6, 6.07) is 4.70. The summed E-state index contributed by atoms with van der Waals surface area (Å²) >= 11 is 0. The highest BCUT2D eigenvalue weighted by Crippen LogP contribution is 2.35. The van der Waals surface area contributed by atoms with Gasteiger partial charge in [0.05, 0.1) is 10.6 Å². The smallest absolute Gasteiger partial charge is 0.265 e. The Kier molecular flexibility index (Phi) is 7.05. The second-order valence-electron chi connectivity index (χ2n) is 9.15. The van der Waals surface area contributed by atoms with Crippen LogP contribution in [0.4, 0.5) is 5.69 Å². The molecule has 2 heterocycles. The molecule has 0 radical (unpaired) electrons. The minimum Gasteiger partial charge on any atom is -0.482 e. The molecule has 2 atom stereocenters. The van der Waals surface area contributed by atoms with Crippen molar-refractivity contribution in [3.05, 3.63) is 18.2 Å². The fourth-order valence-electron chi connectivity index (χ4n) is 4.87. The average molecular weight is 464 g/mol. The van der Waals surface area contributed by atoms with E-state index in [9.17, 15) is 18.0 Å². The highest BCUT2D eigenvalue weighted by Gasteiger charge is 2.32. The van der Waals surface area contributed by atoms with Crippen LogP contribution in [0.5, 0.6) is 5.75 Å². The summed E-state index contributed by atoms with van der Waals surface area (Å²) in [4.78, 5) is 26.9. The Hall–Kier alpha value is -2.13. The largest absolute Gasteiger partial charge is 0.482 e. The number of nitrogens with zero attached hydrogens (tertiary/aromatic N) is 2. The van der Waals surface area contributed by atoms with Gasteiger partial charge < -0.3 is 10.1 Å². The van der Waals surface area contributed by atoms with Gasteiger partial charge in [-0.2, -0.15) is 4.31 Å². The number of sulfonamides is 1. The maximum absolute atomic E-state index is 13.2. The molecular weight excluding hydrogens is 430 g/mol. The summed E-state index contributed by atoms with van der Waals surface area (Å²) in [6.45, 7) is 2.82. The Balaban J connectivity index is 1.55. The Morgan fingerprint density at radius 3 is 2.53 bits per heavy atom. The summed E-state index contributed by atoms with van der Waals surface area (Å²) in [7, 11) is -3.68. The van der Waals surface area contributed by atoms with E-state index in [1.807, 2.05) is 0 Å². The third kappa shape index (κ3) is 4.93. The molecule has 176 valence electrons. The Morgan fingerprint density at radius 2 is 1.81 bits per heavy atom. The molecule has 0 spiro atoms. The number of nitrogens with one attached hydrogen (secondary N) is 1. The molecule has 1 saturated heterocycles. The molecule has 2 fully saturated rings. The van der Waals surface area contributed by atoms with E-state index in [2.05, 4.69) is 12.2 Å². The van der Waals surface area contributed by atoms with Crippen LogP contribution in [0.15, 0.2) is 23.1 Å². The normalized spacial score (nSPS) is 24.9. The number of hydrogen-bond donors (Lipinski definition) is 1. The number of hydrogen-bond acceptors (Lipinski definition) is 5. The fourth-order valence-corrected chi connectivity index (χ4v) is 6.41. The van der Waals surface area contributed by atoms with Gasteiger partial charge in [0, 0.05) is 19.1 Å². The lowest BCUT2D eigenvalue weighted by Crippen LogP contribution is -2.49.